The maximum absolute atomic E-state index is 5.75. The number of nitrogens with zero attached hydrogens (tertiary/aromatic N) is 3. The molecule has 1 unspecified atom stereocenters. The van der Waals surface area contributed by atoms with Gasteiger partial charge in [0.2, 0.25) is 11.9 Å². The second kappa shape index (κ2) is 7.42. The van der Waals surface area contributed by atoms with Gasteiger partial charge in [-0.25, -0.2) is 0 Å². The number of hydrogen-bond donors (Lipinski definition) is 2. The van der Waals surface area contributed by atoms with Gasteiger partial charge in [0.15, 0.2) is 0 Å². The molecule has 1 heterocycles. The van der Waals surface area contributed by atoms with Crippen LogP contribution in [0.25, 0.3) is 0 Å². The zero-order valence-electron chi connectivity index (χ0n) is 12.4. The number of hydrogen-bond acceptors (Lipinski definition) is 6. The van der Waals surface area contributed by atoms with Crippen LogP contribution in [0, 0.1) is 0 Å². The molecule has 2 aromatic rings. The lowest BCUT2D eigenvalue weighted by molar-refractivity contribution is 0.293. The van der Waals surface area contributed by atoms with Crippen LogP contribution in [-0.2, 0) is 6.42 Å². The molecule has 1 aromatic carbocycles. The van der Waals surface area contributed by atoms with E-state index in [9.17, 15) is 0 Å². The molecule has 2 rings (SSSR count). The highest BCUT2D eigenvalue weighted by molar-refractivity contribution is 5.32. The van der Waals surface area contributed by atoms with Crippen molar-refractivity contribution >= 4 is 11.9 Å². The van der Waals surface area contributed by atoms with Gasteiger partial charge in [0.05, 0.1) is 6.04 Å². The molecule has 0 aliphatic carbocycles. The van der Waals surface area contributed by atoms with Crippen LogP contribution in [-0.4, -0.2) is 27.6 Å². The number of para-hydroxylation sites is 1. The number of nitrogens with two attached hydrogens (primary N) is 1. The van der Waals surface area contributed by atoms with Gasteiger partial charge in [-0.2, -0.15) is 15.0 Å². The Labute approximate surface area is 124 Å². The fourth-order valence-electron chi connectivity index (χ4n) is 1.82. The summed E-state index contributed by atoms with van der Waals surface area (Å²) in [5.74, 6) is 2.28. The highest BCUT2D eigenvalue weighted by Crippen LogP contribution is 2.11. The Morgan fingerprint density at radius 3 is 2.57 bits per heavy atom. The number of rotatable bonds is 7. The summed E-state index contributed by atoms with van der Waals surface area (Å²) in [7, 11) is 0. The number of ether oxygens (including phenoxy) is 1. The summed E-state index contributed by atoms with van der Waals surface area (Å²) in [6.45, 7) is 4.60. The quantitative estimate of drug-likeness (QED) is 0.812. The van der Waals surface area contributed by atoms with Crippen molar-refractivity contribution in [3.05, 3.63) is 36.2 Å². The highest BCUT2D eigenvalue weighted by Gasteiger charge is 2.10. The lowest BCUT2D eigenvalue weighted by atomic mass is 10.2. The monoisotopic (exact) mass is 287 g/mol. The van der Waals surface area contributed by atoms with Gasteiger partial charge in [-0.1, -0.05) is 32.0 Å². The van der Waals surface area contributed by atoms with Gasteiger partial charge >= 0.3 is 0 Å². The van der Waals surface area contributed by atoms with Gasteiger partial charge in [-0.05, 0) is 18.6 Å². The summed E-state index contributed by atoms with van der Waals surface area (Å²) < 4.78 is 5.75. The van der Waals surface area contributed by atoms with E-state index in [1.807, 2.05) is 37.3 Å². The van der Waals surface area contributed by atoms with E-state index in [0.717, 1.165) is 18.6 Å². The summed E-state index contributed by atoms with van der Waals surface area (Å²) in [4.78, 5) is 12.5. The molecule has 0 amide bonds. The average Bonchev–Trinajstić information content (AvgIpc) is 2.51. The lowest BCUT2D eigenvalue weighted by Gasteiger charge is -2.18. The minimum atomic E-state index is 0.108. The first-order chi connectivity index (χ1) is 10.2. The van der Waals surface area contributed by atoms with E-state index in [1.54, 1.807) is 0 Å². The zero-order valence-corrected chi connectivity index (χ0v) is 12.4. The van der Waals surface area contributed by atoms with Crippen LogP contribution in [0.3, 0.4) is 0 Å². The number of anilines is 2. The molecule has 112 valence electrons. The molecule has 1 atom stereocenters. The van der Waals surface area contributed by atoms with Crippen LogP contribution < -0.4 is 15.8 Å². The smallest absolute Gasteiger partial charge is 0.228 e. The normalized spacial score (nSPS) is 11.9. The van der Waals surface area contributed by atoms with Gasteiger partial charge in [-0.3, -0.25) is 0 Å². The first-order valence-corrected chi connectivity index (χ1v) is 7.16. The molecule has 0 saturated heterocycles. The molecule has 21 heavy (non-hydrogen) atoms. The number of aryl methyl sites for hydroxylation is 1. The van der Waals surface area contributed by atoms with Crippen molar-refractivity contribution in [2.45, 2.75) is 32.7 Å². The van der Waals surface area contributed by atoms with E-state index >= 15 is 0 Å². The van der Waals surface area contributed by atoms with Crippen LogP contribution in [0.15, 0.2) is 30.3 Å². The van der Waals surface area contributed by atoms with Crippen molar-refractivity contribution in [2.24, 2.45) is 0 Å². The molecule has 0 spiro atoms. The summed E-state index contributed by atoms with van der Waals surface area (Å²) in [5.41, 5.74) is 5.68. The zero-order chi connectivity index (χ0) is 15.1. The van der Waals surface area contributed by atoms with Gasteiger partial charge < -0.3 is 15.8 Å². The molecule has 0 bridgehead atoms. The molecule has 0 fully saturated rings. The van der Waals surface area contributed by atoms with E-state index in [4.69, 9.17) is 10.5 Å². The second-order valence-electron chi connectivity index (χ2n) is 4.66. The standard InChI is InChI=1S/C15H21N5O/c1-3-11(10-21-12-8-6-5-7-9-12)17-15-19-13(4-2)18-14(16)20-15/h5-9,11H,3-4,10H2,1-2H3,(H3,16,17,18,19,20). The number of nitrogens with one attached hydrogen (secondary N) is 1. The van der Waals surface area contributed by atoms with E-state index < -0.39 is 0 Å². The minimum absolute atomic E-state index is 0.108. The number of nitrogen functional groups attached to an aromatic ring is 1. The van der Waals surface area contributed by atoms with Gasteiger partial charge in [0.25, 0.3) is 0 Å². The third kappa shape index (κ3) is 4.59. The maximum Gasteiger partial charge on any atom is 0.228 e. The highest BCUT2D eigenvalue weighted by atomic mass is 16.5. The van der Waals surface area contributed by atoms with Crippen LogP contribution in [0.1, 0.15) is 26.1 Å². The van der Waals surface area contributed by atoms with E-state index in [2.05, 4.69) is 27.2 Å². The Bertz CT molecular complexity index is 561. The predicted octanol–water partition coefficient (Wildman–Crippen LogP) is 2.29. The fraction of sp³-hybridized carbons (Fsp3) is 0.400. The lowest BCUT2D eigenvalue weighted by Crippen LogP contribution is -2.27. The SMILES string of the molecule is CCc1nc(N)nc(NC(CC)COc2ccccc2)n1. The predicted molar refractivity (Wildman–Crippen MR) is 83.3 cm³/mol. The number of benzene rings is 1. The van der Waals surface area contributed by atoms with Crippen LogP contribution in [0.5, 0.6) is 5.75 Å². The summed E-state index contributed by atoms with van der Waals surface area (Å²) in [5, 5.41) is 3.25. The van der Waals surface area contributed by atoms with E-state index in [0.29, 0.717) is 18.4 Å². The fourth-order valence-corrected chi connectivity index (χ4v) is 1.82. The molecule has 6 heteroatoms. The van der Waals surface area contributed by atoms with E-state index in [-0.39, 0.29) is 12.0 Å². The molecule has 0 radical (unpaired) electrons. The second-order valence-corrected chi connectivity index (χ2v) is 4.66. The number of aromatic nitrogens is 3. The summed E-state index contributed by atoms with van der Waals surface area (Å²) in [6, 6.07) is 9.83. The van der Waals surface area contributed by atoms with Gasteiger partial charge in [0, 0.05) is 6.42 Å². The molecule has 0 aliphatic heterocycles. The molecular weight excluding hydrogens is 266 g/mol. The van der Waals surface area contributed by atoms with E-state index in [1.165, 1.54) is 0 Å². The van der Waals surface area contributed by atoms with Crippen molar-refractivity contribution in [2.75, 3.05) is 17.7 Å². The van der Waals surface area contributed by atoms with Crippen molar-refractivity contribution in [3.63, 3.8) is 0 Å². The largest absolute Gasteiger partial charge is 0.491 e. The molecular formula is C15H21N5O. The molecule has 0 aliphatic rings. The molecule has 3 N–H and O–H groups in total. The molecule has 1 aromatic heterocycles. The first kappa shape index (κ1) is 15.0. The van der Waals surface area contributed by atoms with Gasteiger partial charge in [-0.15, -0.1) is 0 Å². The molecule has 0 saturated carbocycles. The third-order valence-corrected chi connectivity index (χ3v) is 3.04. The van der Waals surface area contributed by atoms with Crippen molar-refractivity contribution < 1.29 is 4.74 Å². The van der Waals surface area contributed by atoms with Crippen LogP contribution >= 0.6 is 0 Å². The Kier molecular flexibility index (Phi) is 5.31. The Hall–Kier alpha value is -2.37. The van der Waals surface area contributed by atoms with Gasteiger partial charge in [0.1, 0.15) is 18.2 Å². The van der Waals surface area contributed by atoms with Crippen molar-refractivity contribution in [1.29, 1.82) is 0 Å². The Morgan fingerprint density at radius 1 is 1.14 bits per heavy atom. The maximum atomic E-state index is 5.75. The topological polar surface area (TPSA) is 86.0 Å². The summed E-state index contributed by atoms with van der Waals surface area (Å²) in [6.07, 6.45) is 1.61. The minimum Gasteiger partial charge on any atom is -0.491 e. The first-order valence-electron chi connectivity index (χ1n) is 7.16. The summed E-state index contributed by atoms with van der Waals surface area (Å²) >= 11 is 0. The third-order valence-electron chi connectivity index (χ3n) is 3.04. The average molecular weight is 287 g/mol. The molecule has 6 nitrogen and oxygen atoms in total. The van der Waals surface area contributed by atoms with Crippen molar-refractivity contribution in [1.82, 2.24) is 15.0 Å². The van der Waals surface area contributed by atoms with Crippen molar-refractivity contribution in [3.8, 4) is 5.75 Å². The Balaban J connectivity index is 1.97. The van der Waals surface area contributed by atoms with Crippen LogP contribution in [0.2, 0.25) is 0 Å². The van der Waals surface area contributed by atoms with Crippen LogP contribution in [0.4, 0.5) is 11.9 Å². The Morgan fingerprint density at radius 2 is 1.90 bits per heavy atom.